The molecule has 0 saturated carbocycles. The first kappa shape index (κ1) is 14.0. The molecular formula is C12H21N3OS. The van der Waals surface area contributed by atoms with Crippen LogP contribution in [0.2, 0.25) is 0 Å². The van der Waals surface area contributed by atoms with E-state index in [0.717, 1.165) is 24.4 Å². The molecule has 17 heavy (non-hydrogen) atoms. The summed E-state index contributed by atoms with van der Waals surface area (Å²) in [4.78, 5) is 17.5. The molecule has 0 saturated heterocycles. The summed E-state index contributed by atoms with van der Waals surface area (Å²) in [5.41, 5.74) is 0. The molecule has 0 fully saturated rings. The Labute approximate surface area is 107 Å². The second kappa shape index (κ2) is 7.27. The molecule has 1 aromatic heterocycles. The lowest BCUT2D eigenvalue weighted by molar-refractivity contribution is 0.206. The van der Waals surface area contributed by atoms with Gasteiger partial charge in [0.2, 0.25) is 0 Å². The van der Waals surface area contributed by atoms with Crippen LogP contribution in [0.15, 0.2) is 11.6 Å². The summed E-state index contributed by atoms with van der Waals surface area (Å²) in [6.45, 7) is 5.71. The minimum atomic E-state index is -0.0241. The molecule has 1 N–H and O–H groups in total. The van der Waals surface area contributed by atoms with Crippen molar-refractivity contribution < 1.29 is 4.79 Å². The van der Waals surface area contributed by atoms with Crippen molar-refractivity contribution in [3.8, 4) is 0 Å². The largest absolute Gasteiger partial charge is 0.338 e. The van der Waals surface area contributed by atoms with Crippen molar-refractivity contribution in [2.45, 2.75) is 33.2 Å². The van der Waals surface area contributed by atoms with Crippen LogP contribution in [0.4, 0.5) is 4.79 Å². The Morgan fingerprint density at radius 3 is 2.94 bits per heavy atom. The maximum absolute atomic E-state index is 11.7. The van der Waals surface area contributed by atoms with E-state index in [1.807, 2.05) is 5.38 Å². The van der Waals surface area contributed by atoms with Crippen molar-refractivity contribution in [3.63, 3.8) is 0 Å². The van der Waals surface area contributed by atoms with E-state index in [9.17, 15) is 4.79 Å². The van der Waals surface area contributed by atoms with Gasteiger partial charge in [-0.25, -0.2) is 9.78 Å². The molecule has 0 aromatic carbocycles. The van der Waals surface area contributed by atoms with E-state index in [-0.39, 0.29) is 6.03 Å². The Bertz CT molecular complexity index is 325. The van der Waals surface area contributed by atoms with Gasteiger partial charge in [-0.05, 0) is 18.8 Å². The number of nitrogens with zero attached hydrogens (tertiary/aromatic N) is 2. The molecule has 0 spiro atoms. The number of nitrogens with one attached hydrogen (secondary N) is 1. The van der Waals surface area contributed by atoms with Crippen LogP contribution in [-0.4, -0.2) is 29.5 Å². The van der Waals surface area contributed by atoms with Gasteiger partial charge in [-0.3, -0.25) is 0 Å². The van der Waals surface area contributed by atoms with E-state index in [1.54, 1.807) is 29.5 Å². The van der Waals surface area contributed by atoms with Crippen LogP contribution in [0.1, 0.15) is 31.7 Å². The van der Waals surface area contributed by atoms with E-state index in [1.165, 1.54) is 0 Å². The van der Waals surface area contributed by atoms with E-state index >= 15 is 0 Å². The summed E-state index contributed by atoms with van der Waals surface area (Å²) in [6, 6.07) is -0.0241. The van der Waals surface area contributed by atoms with Crippen LogP contribution < -0.4 is 5.32 Å². The SMILES string of the molecule is CC(C)CCCNC(=O)N(C)Cc1nccs1. The smallest absolute Gasteiger partial charge is 0.317 e. The number of amides is 2. The van der Waals surface area contributed by atoms with Gasteiger partial charge in [0.1, 0.15) is 5.01 Å². The average Bonchev–Trinajstić information content (AvgIpc) is 2.76. The summed E-state index contributed by atoms with van der Waals surface area (Å²) in [7, 11) is 1.79. The van der Waals surface area contributed by atoms with Gasteiger partial charge < -0.3 is 10.2 Å². The Hall–Kier alpha value is -1.10. The normalized spacial score (nSPS) is 10.6. The highest BCUT2D eigenvalue weighted by Crippen LogP contribution is 2.07. The minimum Gasteiger partial charge on any atom is -0.338 e. The second-order valence-electron chi connectivity index (χ2n) is 4.55. The standard InChI is InChI=1S/C12H21N3OS/c1-10(2)5-4-6-14-12(16)15(3)9-11-13-7-8-17-11/h7-8,10H,4-6,9H2,1-3H3,(H,14,16). The molecule has 0 atom stereocenters. The van der Waals surface area contributed by atoms with E-state index < -0.39 is 0 Å². The lowest BCUT2D eigenvalue weighted by Crippen LogP contribution is -2.37. The van der Waals surface area contributed by atoms with Gasteiger partial charge in [-0.2, -0.15) is 0 Å². The Morgan fingerprint density at radius 2 is 2.35 bits per heavy atom. The quantitative estimate of drug-likeness (QED) is 0.794. The third-order valence-electron chi connectivity index (χ3n) is 2.44. The minimum absolute atomic E-state index is 0.0241. The molecule has 0 bridgehead atoms. The van der Waals surface area contributed by atoms with Gasteiger partial charge in [-0.15, -0.1) is 11.3 Å². The number of thiazole rings is 1. The number of urea groups is 1. The van der Waals surface area contributed by atoms with Gasteiger partial charge in [0, 0.05) is 25.2 Å². The summed E-state index contributed by atoms with van der Waals surface area (Å²) < 4.78 is 0. The maximum atomic E-state index is 11.7. The van der Waals surface area contributed by atoms with Crippen LogP contribution in [0.5, 0.6) is 0 Å². The van der Waals surface area contributed by atoms with E-state index in [4.69, 9.17) is 0 Å². The Morgan fingerprint density at radius 1 is 1.59 bits per heavy atom. The predicted octanol–water partition coefficient (Wildman–Crippen LogP) is 2.72. The highest BCUT2D eigenvalue weighted by Gasteiger charge is 2.09. The fourth-order valence-electron chi connectivity index (χ4n) is 1.45. The summed E-state index contributed by atoms with van der Waals surface area (Å²) in [6.07, 6.45) is 3.94. The highest BCUT2D eigenvalue weighted by atomic mass is 32.1. The maximum Gasteiger partial charge on any atom is 0.317 e. The highest BCUT2D eigenvalue weighted by molar-refractivity contribution is 7.09. The second-order valence-corrected chi connectivity index (χ2v) is 5.53. The molecule has 0 unspecified atom stereocenters. The van der Waals surface area contributed by atoms with Crippen molar-refractivity contribution in [2.75, 3.05) is 13.6 Å². The average molecular weight is 255 g/mol. The third-order valence-corrected chi connectivity index (χ3v) is 3.20. The molecule has 1 heterocycles. The molecule has 0 aliphatic heterocycles. The molecule has 0 aliphatic rings. The van der Waals surface area contributed by atoms with Crippen molar-refractivity contribution in [2.24, 2.45) is 5.92 Å². The van der Waals surface area contributed by atoms with Gasteiger partial charge >= 0.3 is 6.03 Å². The van der Waals surface area contributed by atoms with Crippen LogP contribution >= 0.6 is 11.3 Å². The van der Waals surface area contributed by atoms with Crippen molar-refractivity contribution in [1.29, 1.82) is 0 Å². The van der Waals surface area contributed by atoms with Crippen molar-refractivity contribution in [1.82, 2.24) is 15.2 Å². The van der Waals surface area contributed by atoms with Gasteiger partial charge in [-0.1, -0.05) is 13.8 Å². The molecule has 5 heteroatoms. The van der Waals surface area contributed by atoms with Crippen LogP contribution in [0.3, 0.4) is 0 Å². The third kappa shape index (κ3) is 5.68. The fourth-order valence-corrected chi connectivity index (χ4v) is 2.12. The predicted molar refractivity (Wildman–Crippen MR) is 71.1 cm³/mol. The van der Waals surface area contributed by atoms with Crippen molar-refractivity contribution >= 4 is 17.4 Å². The van der Waals surface area contributed by atoms with Crippen LogP contribution in [0.25, 0.3) is 0 Å². The molecule has 2 amide bonds. The zero-order chi connectivity index (χ0) is 12.7. The lowest BCUT2D eigenvalue weighted by atomic mass is 10.1. The van der Waals surface area contributed by atoms with E-state index in [0.29, 0.717) is 12.5 Å². The van der Waals surface area contributed by atoms with Gasteiger partial charge in [0.15, 0.2) is 0 Å². The number of hydrogen-bond donors (Lipinski definition) is 1. The van der Waals surface area contributed by atoms with Crippen LogP contribution in [0, 0.1) is 5.92 Å². The summed E-state index contributed by atoms with van der Waals surface area (Å²) >= 11 is 1.57. The molecule has 1 rings (SSSR count). The zero-order valence-corrected chi connectivity index (χ0v) is 11.6. The van der Waals surface area contributed by atoms with Crippen molar-refractivity contribution in [3.05, 3.63) is 16.6 Å². The Kier molecular flexibility index (Phi) is 5.97. The fraction of sp³-hybridized carbons (Fsp3) is 0.667. The zero-order valence-electron chi connectivity index (χ0n) is 10.8. The van der Waals surface area contributed by atoms with E-state index in [2.05, 4.69) is 24.1 Å². The van der Waals surface area contributed by atoms with Gasteiger partial charge in [0.25, 0.3) is 0 Å². The summed E-state index contributed by atoms with van der Waals surface area (Å²) in [5, 5.41) is 5.80. The molecule has 4 nitrogen and oxygen atoms in total. The molecular weight excluding hydrogens is 234 g/mol. The number of hydrogen-bond acceptors (Lipinski definition) is 3. The van der Waals surface area contributed by atoms with Gasteiger partial charge in [0.05, 0.1) is 6.54 Å². The first-order chi connectivity index (χ1) is 8.09. The monoisotopic (exact) mass is 255 g/mol. The number of carbonyl (C=O) groups is 1. The number of rotatable bonds is 6. The molecule has 0 radical (unpaired) electrons. The number of carbonyl (C=O) groups excluding carboxylic acids is 1. The topological polar surface area (TPSA) is 45.2 Å². The van der Waals surface area contributed by atoms with Crippen LogP contribution in [-0.2, 0) is 6.54 Å². The number of aromatic nitrogens is 1. The Balaban J connectivity index is 2.18. The molecule has 0 aliphatic carbocycles. The lowest BCUT2D eigenvalue weighted by Gasteiger charge is -2.16. The first-order valence-electron chi connectivity index (χ1n) is 5.97. The summed E-state index contributed by atoms with van der Waals surface area (Å²) in [5.74, 6) is 0.694. The first-order valence-corrected chi connectivity index (χ1v) is 6.85. The molecule has 1 aromatic rings. The molecule has 96 valence electrons.